The number of hydrogen-bond donors (Lipinski definition) is 0. The number of carbonyl (C=O) groups is 4. The van der Waals surface area contributed by atoms with Crippen LogP contribution in [0, 0.1) is 0 Å². The first kappa shape index (κ1) is 21.0. The normalized spacial score (nSPS) is 10.2. The van der Waals surface area contributed by atoms with Crippen LogP contribution >= 0.6 is 0 Å². The largest absolute Gasteiger partial charge is 0.490 e. The van der Waals surface area contributed by atoms with Crippen LogP contribution in [0.25, 0.3) is 0 Å². The maximum absolute atomic E-state index is 11.8. The van der Waals surface area contributed by atoms with Gasteiger partial charge in [-0.05, 0) is 62.4 Å². The summed E-state index contributed by atoms with van der Waals surface area (Å²) in [4.78, 5) is 45.5. The van der Waals surface area contributed by atoms with Gasteiger partial charge in [0.05, 0.1) is 12.8 Å². The van der Waals surface area contributed by atoms with Crippen molar-refractivity contribution < 1.29 is 28.7 Å². The topological polar surface area (TPSA) is 86.7 Å². The van der Waals surface area contributed by atoms with E-state index in [1.807, 2.05) is 0 Å². The van der Waals surface area contributed by atoms with E-state index in [1.54, 1.807) is 48.5 Å². The van der Waals surface area contributed by atoms with E-state index in [0.29, 0.717) is 35.8 Å². The summed E-state index contributed by atoms with van der Waals surface area (Å²) in [5, 5.41) is 0. The fourth-order valence-corrected chi connectivity index (χ4v) is 2.45. The van der Waals surface area contributed by atoms with Crippen LogP contribution < -0.4 is 9.47 Å². The number of carbonyl (C=O) groups excluding carboxylic acids is 4. The third-order valence-corrected chi connectivity index (χ3v) is 3.79. The van der Waals surface area contributed by atoms with E-state index in [2.05, 4.69) is 0 Å². The molecule has 0 radical (unpaired) electrons. The molecule has 0 fully saturated rings. The Bertz CT molecular complexity index is 776. The van der Waals surface area contributed by atoms with Crippen molar-refractivity contribution in [1.82, 2.24) is 0 Å². The van der Waals surface area contributed by atoms with E-state index >= 15 is 0 Å². The Balaban J connectivity index is 1.76. The van der Waals surface area contributed by atoms with Crippen molar-refractivity contribution in [3.8, 4) is 11.5 Å². The van der Waals surface area contributed by atoms with Gasteiger partial charge in [-0.15, -0.1) is 0 Å². The molecule has 0 unspecified atom stereocenters. The molecular formula is C22H22O6. The summed E-state index contributed by atoms with van der Waals surface area (Å²) < 4.78 is 11.1. The average Bonchev–Trinajstić information content (AvgIpc) is 2.65. The molecule has 146 valence electrons. The minimum Gasteiger partial charge on any atom is -0.490 e. The van der Waals surface area contributed by atoms with Gasteiger partial charge in [0.1, 0.15) is 36.3 Å². The Morgan fingerprint density at radius 1 is 0.607 bits per heavy atom. The third-order valence-electron chi connectivity index (χ3n) is 3.79. The highest BCUT2D eigenvalue weighted by Crippen LogP contribution is 2.15. The molecule has 6 heteroatoms. The zero-order valence-electron chi connectivity index (χ0n) is 15.9. The first-order chi connectivity index (χ1) is 13.3. The summed E-state index contributed by atoms with van der Waals surface area (Å²) >= 11 is 0. The van der Waals surface area contributed by atoms with Gasteiger partial charge in [0.2, 0.25) is 0 Å². The molecule has 0 heterocycles. The van der Waals surface area contributed by atoms with E-state index in [4.69, 9.17) is 9.47 Å². The fraction of sp³-hybridized carbons (Fsp3) is 0.273. The van der Waals surface area contributed by atoms with Crippen LogP contribution in [0.15, 0.2) is 48.5 Å². The molecule has 0 amide bonds. The highest BCUT2D eigenvalue weighted by atomic mass is 16.5. The number of rotatable bonds is 11. The molecule has 2 rings (SSSR count). The Kier molecular flexibility index (Phi) is 7.63. The second kappa shape index (κ2) is 10.2. The van der Waals surface area contributed by atoms with Gasteiger partial charge in [-0.3, -0.25) is 19.2 Å². The standard InChI is InChI=1S/C22H22O6/c1-15(23)13-21(25)17-3-7-19(8-4-17)27-11-12-28-20-9-5-18(6-10-20)22(26)14-16(2)24/h3-10H,11-14H2,1-2H3. The van der Waals surface area contributed by atoms with Crippen LogP contribution in [0.2, 0.25) is 0 Å². The Morgan fingerprint density at radius 2 is 0.929 bits per heavy atom. The van der Waals surface area contributed by atoms with E-state index in [-0.39, 0.29) is 36.0 Å². The van der Waals surface area contributed by atoms with Crippen molar-refractivity contribution in [2.24, 2.45) is 0 Å². The second-order valence-corrected chi connectivity index (χ2v) is 6.35. The van der Waals surface area contributed by atoms with Crippen LogP contribution in [0.4, 0.5) is 0 Å². The molecular weight excluding hydrogens is 360 g/mol. The van der Waals surface area contributed by atoms with Crippen molar-refractivity contribution in [3.63, 3.8) is 0 Å². The molecule has 6 nitrogen and oxygen atoms in total. The van der Waals surface area contributed by atoms with Gasteiger partial charge in [0, 0.05) is 11.1 Å². The van der Waals surface area contributed by atoms with Crippen LogP contribution in [-0.2, 0) is 9.59 Å². The molecule has 28 heavy (non-hydrogen) atoms. The highest BCUT2D eigenvalue weighted by molar-refractivity contribution is 6.07. The summed E-state index contributed by atoms with van der Waals surface area (Å²) in [6, 6.07) is 13.2. The van der Waals surface area contributed by atoms with Crippen molar-refractivity contribution in [3.05, 3.63) is 59.7 Å². The van der Waals surface area contributed by atoms with E-state index in [9.17, 15) is 19.2 Å². The molecule has 0 aliphatic rings. The minimum absolute atomic E-state index is 0.104. The maximum atomic E-state index is 11.8. The lowest BCUT2D eigenvalue weighted by molar-refractivity contribution is -0.117. The summed E-state index contributed by atoms with van der Waals surface area (Å²) in [6.45, 7) is 3.36. The highest BCUT2D eigenvalue weighted by Gasteiger charge is 2.09. The smallest absolute Gasteiger partial charge is 0.170 e. The zero-order chi connectivity index (χ0) is 20.5. The molecule has 0 bridgehead atoms. The van der Waals surface area contributed by atoms with Crippen LogP contribution in [0.3, 0.4) is 0 Å². The van der Waals surface area contributed by atoms with Gasteiger partial charge < -0.3 is 9.47 Å². The van der Waals surface area contributed by atoms with Crippen molar-refractivity contribution in [2.45, 2.75) is 26.7 Å². The van der Waals surface area contributed by atoms with E-state index < -0.39 is 0 Å². The predicted octanol–water partition coefficient (Wildman–Crippen LogP) is 3.47. The van der Waals surface area contributed by atoms with Crippen molar-refractivity contribution in [2.75, 3.05) is 13.2 Å². The van der Waals surface area contributed by atoms with Gasteiger partial charge in [-0.1, -0.05) is 0 Å². The van der Waals surface area contributed by atoms with Crippen molar-refractivity contribution in [1.29, 1.82) is 0 Å². The molecule has 0 atom stereocenters. The lowest BCUT2D eigenvalue weighted by Gasteiger charge is -2.09. The quantitative estimate of drug-likeness (QED) is 0.336. The average molecular weight is 382 g/mol. The van der Waals surface area contributed by atoms with Gasteiger partial charge in [-0.2, -0.15) is 0 Å². The molecule has 0 saturated carbocycles. The summed E-state index contributed by atoms with van der Waals surface area (Å²) in [5.74, 6) is 0.416. The van der Waals surface area contributed by atoms with Crippen LogP contribution in [0.1, 0.15) is 47.4 Å². The lowest BCUT2D eigenvalue weighted by Crippen LogP contribution is -2.10. The van der Waals surface area contributed by atoms with E-state index in [0.717, 1.165) is 0 Å². The summed E-state index contributed by atoms with van der Waals surface area (Å²) in [5.41, 5.74) is 0.941. The van der Waals surface area contributed by atoms with Crippen molar-refractivity contribution >= 4 is 23.1 Å². The fourth-order valence-electron chi connectivity index (χ4n) is 2.45. The molecule has 2 aromatic carbocycles. The van der Waals surface area contributed by atoms with Crippen LogP contribution in [-0.4, -0.2) is 36.3 Å². The molecule has 2 aromatic rings. The predicted molar refractivity (Wildman–Crippen MR) is 103 cm³/mol. The molecule has 0 saturated heterocycles. The minimum atomic E-state index is -0.215. The summed E-state index contributed by atoms with van der Waals surface area (Å²) in [6.07, 6.45) is -0.208. The lowest BCUT2D eigenvalue weighted by atomic mass is 10.1. The molecule has 0 N–H and O–H groups in total. The molecule has 0 spiro atoms. The first-order valence-corrected chi connectivity index (χ1v) is 8.86. The van der Waals surface area contributed by atoms with Crippen LogP contribution in [0.5, 0.6) is 11.5 Å². The Hall–Kier alpha value is -3.28. The second-order valence-electron chi connectivity index (χ2n) is 6.35. The van der Waals surface area contributed by atoms with Gasteiger partial charge in [0.15, 0.2) is 11.6 Å². The number of ether oxygens (including phenoxy) is 2. The maximum Gasteiger partial charge on any atom is 0.170 e. The molecule has 0 aromatic heterocycles. The molecule has 0 aliphatic heterocycles. The first-order valence-electron chi connectivity index (χ1n) is 8.86. The monoisotopic (exact) mass is 382 g/mol. The summed E-state index contributed by atoms with van der Waals surface area (Å²) in [7, 11) is 0. The Labute approximate surface area is 163 Å². The number of Topliss-reactive ketones (excluding diaryl/α,β-unsaturated/α-hetero) is 4. The number of ketones is 4. The van der Waals surface area contributed by atoms with Gasteiger partial charge in [0.25, 0.3) is 0 Å². The Morgan fingerprint density at radius 3 is 1.21 bits per heavy atom. The van der Waals surface area contributed by atoms with Gasteiger partial charge in [-0.25, -0.2) is 0 Å². The number of benzene rings is 2. The molecule has 0 aliphatic carbocycles. The van der Waals surface area contributed by atoms with E-state index in [1.165, 1.54) is 13.8 Å². The zero-order valence-corrected chi connectivity index (χ0v) is 15.9. The third kappa shape index (κ3) is 6.79. The number of hydrogen-bond acceptors (Lipinski definition) is 6. The van der Waals surface area contributed by atoms with Gasteiger partial charge >= 0.3 is 0 Å². The SMILES string of the molecule is CC(=O)CC(=O)c1ccc(OCCOc2ccc(C(=O)CC(C)=O)cc2)cc1.